The number of rotatable bonds is 9. The molecule has 1 aliphatic heterocycles. The van der Waals surface area contributed by atoms with E-state index in [2.05, 4.69) is 171 Å². The van der Waals surface area contributed by atoms with Gasteiger partial charge in [0.25, 0.3) is 0 Å². The first-order valence-corrected chi connectivity index (χ1v) is 20.9. The third-order valence-electron chi connectivity index (χ3n) is 11.5. The fraction of sp³-hybridized carbons (Fsp3) is 0.127. The summed E-state index contributed by atoms with van der Waals surface area (Å²) in [5.74, 6) is 2.12. The number of anilines is 4. The summed E-state index contributed by atoms with van der Waals surface area (Å²) in [4.78, 5) is 9.29. The third kappa shape index (κ3) is 7.47. The molecule has 0 bridgehead atoms. The van der Waals surface area contributed by atoms with Gasteiger partial charge in [-0.25, -0.2) is 9.37 Å². The minimum atomic E-state index is -0.241. The Morgan fingerprint density at radius 2 is 1.27 bits per heavy atom. The van der Waals surface area contributed by atoms with Gasteiger partial charge in [-0.05, 0) is 112 Å². The predicted molar refractivity (Wildman–Crippen MR) is 248 cm³/mol. The van der Waals surface area contributed by atoms with Crippen LogP contribution in [0.1, 0.15) is 56.2 Å². The number of hydrogen-bond donors (Lipinski definition) is 0. The summed E-state index contributed by atoms with van der Waals surface area (Å²) in [5.41, 5.74) is 13.4. The molecule has 0 spiro atoms. The average Bonchev–Trinajstić information content (AvgIpc) is 3.82. The number of hydrogen-bond acceptors (Lipinski definition) is 4. The molecule has 0 N–H and O–H groups in total. The first kappa shape index (κ1) is 40.9. The minimum Gasteiger partial charge on any atom is -0.509 e. The number of nitrogens with zero attached hydrogens (tertiary/aromatic N) is 4. The SMILES string of the molecule is Cc1ccnc(-n2c3[c-]c(Oc4[c-]c(N5[CH-]N(c6c(C(C)C)cc(-c7cccc(F)c7)cc6C(C)C)c6ccccc65)cc(-c5ccccc5)c4)ccc3c3ccccc32)c1.[Pt]. The number of benzene rings is 7. The van der Waals surface area contributed by atoms with Crippen LogP contribution < -0.4 is 14.5 Å². The van der Waals surface area contributed by atoms with Gasteiger partial charge in [-0.15, -0.1) is 53.6 Å². The Kier molecular flexibility index (Phi) is 11.1. The van der Waals surface area contributed by atoms with E-state index >= 15 is 0 Å². The van der Waals surface area contributed by atoms with Crippen LogP contribution in [0, 0.1) is 31.5 Å². The molecule has 0 fully saturated rings. The molecule has 0 unspecified atom stereocenters. The number of aryl methyl sites for hydroxylation is 1. The van der Waals surface area contributed by atoms with Gasteiger partial charge in [-0.3, -0.25) is 0 Å². The molecule has 7 heteroatoms. The first-order valence-electron chi connectivity index (χ1n) is 20.9. The molecule has 9 aromatic rings. The van der Waals surface area contributed by atoms with Crippen molar-refractivity contribution in [3.05, 3.63) is 199 Å². The number of aromatic nitrogens is 2. The molecule has 0 saturated heterocycles. The Balaban J connectivity index is 0.00000490. The van der Waals surface area contributed by atoms with Crippen LogP contribution in [-0.2, 0) is 21.1 Å². The van der Waals surface area contributed by atoms with E-state index in [-0.39, 0.29) is 38.7 Å². The molecule has 3 heterocycles. The largest absolute Gasteiger partial charge is 0.509 e. The smallest absolute Gasteiger partial charge is 0.135 e. The van der Waals surface area contributed by atoms with E-state index < -0.39 is 0 Å². The van der Waals surface area contributed by atoms with Crippen molar-refractivity contribution in [1.82, 2.24) is 9.55 Å². The Morgan fingerprint density at radius 1 is 0.597 bits per heavy atom. The van der Waals surface area contributed by atoms with Crippen molar-refractivity contribution in [2.45, 2.75) is 46.5 Å². The molecule has 5 nitrogen and oxygen atoms in total. The van der Waals surface area contributed by atoms with E-state index in [9.17, 15) is 4.39 Å². The van der Waals surface area contributed by atoms with Crippen molar-refractivity contribution in [2.24, 2.45) is 0 Å². The molecule has 10 rings (SSSR count). The maximum absolute atomic E-state index is 14.5. The molecule has 62 heavy (non-hydrogen) atoms. The van der Waals surface area contributed by atoms with Gasteiger partial charge in [0.05, 0.1) is 0 Å². The Labute approximate surface area is 377 Å². The summed E-state index contributed by atoms with van der Waals surface area (Å²) >= 11 is 0. The van der Waals surface area contributed by atoms with Gasteiger partial charge in [-0.1, -0.05) is 106 Å². The number of fused-ring (bicyclic) bond motifs is 4. The van der Waals surface area contributed by atoms with E-state index in [1.807, 2.05) is 36.5 Å². The molecule has 0 saturated carbocycles. The number of ether oxygens (including phenoxy) is 1. The summed E-state index contributed by atoms with van der Waals surface area (Å²) in [6.45, 7) is 13.2. The van der Waals surface area contributed by atoms with E-state index in [4.69, 9.17) is 9.72 Å². The monoisotopic (exact) mass is 990 g/mol. The Hall–Kier alpha value is -6.49. The van der Waals surface area contributed by atoms with Crippen LogP contribution in [0.25, 0.3) is 49.9 Å². The zero-order valence-electron chi connectivity index (χ0n) is 35.1. The minimum absolute atomic E-state index is 0. The van der Waals surface area contributed by atoms with Crippen LogP contribution >= 0.6 is 0 Å². The standard InChI is InChI=1S/C55H44FN4O.Pt/c1-35(2)48-30-41(39-16-13-17-42(56)27-39)31-49(36(3)4)55(48)59-34-58(51-20-11-12-21-52(51)59)43-28-40(38-14-7-6-8-15-38)29-45(32-43)61-44-22-23-47-46-18-9-10-19-50(46)60(53(47)33-44)54-26-37(5)24-25-57-54;/h6-31,34-36H,1-5H3;/q-3;. The van der Waals surface area contributed by atoms with Crippen molar-refractivity contribution in [1.29, 1.82) is 0 Å². The summed E-state index contributed by atoms with van der Waals surface area (Å²) in [6.07, 6.45) is 1.85. The average molecular weight is 991 g/mol. The number of halogens is 1. The molecule has 0 aliphatic carbocycles. The molecule has 7 aromatic carbocycles. The van der Waals surface area contributed by atoms with E-state index in [1.54, 1.807) is 12.1 Å². The van der Waals surface area contributed by atoms with Gasteiger partial charge < -0.3 is 19.1 Å². The second kappa shape index (κ2) is 16.8. The van der Waals surface area contributed by atoms with Gasteiger partial charge in [0.1, 0.15) is 11.6 Å². The summed E-state index contributed by atoms with van der Waals surface area (Å²) in [5, 5.41) is 2.20. The maximum Gasteiger partial charge on any atom is 0.135 e. The van der Waals surface area contributed by atoms with E-state index in [1.165, 1.54) is 17.2 Å². The predicted octanol–water partition coefficient (Wildman–Crippen LogP) is 15.0. The normalized spacial score (nSPS) is 12.4. The summed E-state index contributed by atoms with van der Waals surface area (Å²) in [7, 11) is 0. The second-order valence-electron chi connectivity index (χ2n) is 16.4. The molecule has 310 valence electrons. The van der Waals surface area contributed by atoms with Crippen molar-refractivity contribution in [3.8, 4) is 39.6 Å². The van der Waals surface area contributed by atoms with Gasteiger partial charge in [0, 0.05) is 61.3 Å². The van der Waals surface area contributed by atoms with Gasteiger partial charge >= 0.3 is 0 Å². The van der Waals surface area contributed by atoms with Crippen LogP contribution in [0.15, 0.2) is 158 Å². The quantitative estimate of drug-likeness (QED) is 0.135. The Bertz CT molecular complexity index is 3070. The second-order valence-corrected chi connectivity index (χ2v) is 16.4. The third-order valence-corrected chi connectivity index (χ3v) is 11.5. The molecule has 0 amide bonds. The van der Waals surface area contributed by atoms with E-state index in [0.717, 1.165) is 78.2 Å². The van der Waals surface area contributed by atoms with Crippen molar-refractivity contribution in [3.63, 3.8) is 0 Å². The van der Waals surface area contributed by atoms with Crippen molar-refractivity contribution >= 4 is 44.6 Å². The summed E-state index contributed by atoms with van der Waals surface area (Å²) < 4.78 is 23.5. The maximum atomic E-state index is 14.5. The van der Waals surface area contributed by atoms with Gasteiger partial charge in [0.15, 0.2) is 0 Å². The fourth-order valence-electron chi connectivity index (χ4n) is 8.60. The van der Waals surface area contributed by atoms with Crippen LogP contribution in [0.4, 0.5) is 27.1 Å². The van der Waals surface area contributed by atoms with Gasteiger partial charge in [-0.2, -0.15) is 6.07 Å². The molecular weight excluding hydrogens is 947 g/mol. The molecule has 1 aliphatic rings. The molecular formula is C55H44FN4OPt-3. The fourth-order valence-corrected chi connectivity index (χ4v) is 8.60. The summed E-state index contributed by atoms with van der Waals surface area (Å²) in [6, 6.07) is 58.3. The first-order chi connectivity index (χ1) is 29.7. The zero-order chi connectivity index (χ0) is 41.8. The molecule has 0 atom stereocenters. The van der Waals surface area contributed by atoms with Crippen LogP contribution in [0.3, 0.4) is 0 Å². The van der Waals surface area contributed by atoms with Crippen LogP contribution in [0.5, 0.6) is 11.5 Å². The Morgan fingerprint density at radius 3 is 2.00 bits per heavy atom. The number of pyridine rings is 1. The topological polar surface area (TPSA) is 33.5 Å². The zero-order valence-corrected chi connectivity index (χ0v) is 37.4. The van der Waals surface area contributed by atoms with E-state index in [0.29, 0.717) is 11.5 Å². The van der Waals surface area contributed by atoms with Gasteiger partial charge in [0.2, 0.25) is 0 Å². The van der Waals surface area contributed by atoms with Crippen molar-refractivity contribution in [2.75, 3.05) is 9.80 Å². The molecule has 2 aromatic heterocycles. The molecule has 0 radical (unpaired) electrons. The number of para-hydroxylation sites is 3. The van der Waals surface area contributed by atoms with Crippen molar-refractivity contribution < 1.29 is 30.2 Å². The van der Waals surface area contributed by atoms with Crippen LogP contribution in [-0.4, -0.2) is 9.55 Å². The van der Waals surface area contributed by atoms with Crippen LogP contribution in [0.2, 0.25) is 0 Å².